The second kappa shape index (κ2) is 7.32. The number of esters is 1. The summed E-state index contributed by atoms with van der Waals surface area (Å²) in [4.78, 5) is 18.0. The highest BCUT2D eigenvalue weighted by atomic mass is 79.9. The summed E-state index contributed by atoms with van der Waals surface area (Å²) < 4.78 is 32.5. The number of aromatic nitrogens is 3. The number of allylic oxidation sites excluding steroid dienone is 1. The molecule has 7 nitrogen and oxygen atoms in total. The Morgan fingerprint density at radius 2 is 2.04 bits per heavy atom. The van der Waals surface area contributed by atoms with Gasteiger partial charge in [-0.25, -0.2) is 18.6 Å². The van der Waals surface area contributed by atoms with Crippen molar-refractivity contribution in [3.63, 3.8) is 0 Å². The van der Waals surface area contributed by atoms with Crippen molar-refractivity contribution < 1.29 is 18.3 Å². The fourth-order valence-electron chi connectivity index (χ4n) is 2.65. The predicted molar refractivity (Wildman–Crippen MR) is 92.7 cm³/mol. The molecule has 0 aliphatic carbocycles. The topological polar surface area (TPSA) is 81.4 Å². The molecule has 0 unspecified atom stereocenters. The van der Waals surface area contributed by atoms with Crippen LogP contribution in [0, 0.1) is 18.6 Å². The van der Waals surface area contributed by atoms with E-state index in [0.717, 1.165) is 6.07 Å². The smallest absolute Gasteiger partial charge is 0.338 e. The molecule has 0 spiro atoms. The Kier molecular flexibility index (Phi) is 5.12. The van der Waals surface area contributed by atoms with E-state index >= 15 is 0 Å². The van der Waals surface area contributed by atoms with Crippen molar-refractivity contribution in [1.82, 2.24) is 20.3 Å². The van der Waals surface area contributed by atoms with Gasteiger partial charge in [0.25, 0.3) is 0 Å². The average Bonchev–Trinajstić information content (AvgIpc) is 3.19. The van der Waals surface area contributed by atoms with Crippen molar-refractivity contribution in [3.05, 3.63) is 58.6 Å². The largest absolute Gasteiger partial charge is 0.466 e. The standard InChI is InChI=1S/C16H14BrF2N5O2/c1-8-9(3-4-10(18)13(8)19)14-12(15(25)26-2)11(7-17)22-16(23-14)24-20-5-6-21-24/h3-6,14H,7H2,1-2H3,(H,22,23)/t14-/m0/s1. The fraction of sp³-hybridized carbons (Fsp3) is 0.250. The number of hydrogen-bond acceptors (Lipinski definition) is 6. The molecule has 0 fully saturated rings. The number of carbonyl (C=O) groups is 1. The first-order valence-corrected chi connectivity index (χ1v) is 8.63. The van der Waals surface area contributed by atoms with Gasteiger partial charge in [-0.3, -0.25) is 0 Å². The van der Waals surface area contributed by atoms with E-state index in [0.29, 0.717) is 11.3 Å². The van der Waals surface area contributed by atoms with E-state index in [-0.39, 0.29) is 22.4 Å². The Morgan fingerprint density at radius 3 is 2.65 bits per heavy atom. The minimum absolute atomic E-state index is 0.0590. The summed E-state index contributed by atoms with van der Waals surface area (Å²) in [7, 11) is 1.24. The van der Waals surface area contributed by atoms with Gasteiger partial charge in [-0.15, -0.1) is 4.80 Å². The Labute approximate surface area is 155 Å². The van der Waals surface area contributed by atoms with Crippen LogP contribution in [0.15, 0.2) is 40.8 Å². The molecule has 136 valence electrons. The van der Waals surface area contributed by atoms with Gasteiger partial charge in [0.15, 0.2) is 11.6 Å². The van der Waals surface area contributed by atoms with Crippen molar-refractivity contribution >= 4 is 27.9 Å². The number of carbonyl (C=O) groups excluding carboxylic acids is 1. The molecular weight excluding hydrogens is 412 g/mol. The van der Waals surface area contributed by atoms with Gasteiger partial charge in [-0.2, -0.15) is 10.2 Å². The van der Waals surface area contributed by atoms with Crippen LogP contribution >= 0.6 is 15.9 Å². The minimum atomic E-state index is -0.986. The third kappa shape index (κ3) is 3.12. The van der Waals surface area contributed by atoms with Crippen molar-refractivity contribution in [2.45, 2.75) is 13.0 Å². The monoisotopic (exact) mass is 425 g/mol. The first kappa shape index (κ1) is 18.2. The molecular formula is C16H14BrF2N5O2. The Hall–Kier alpha value is -2.62. The average molecular weight is 426 g/mol. The van der Waals surface area contributed by atoms with Gasteiger partial charge >= 0.3 is 5.97 Å². The number of hydrogen-bond donors (Lipinski definition) is 1. The molecule has 0 bridgehead atoms. The molecule has 3 rings (SSSR count). The van der Waals surface area contributed by atoms with E-state index < -0.39 is 23.6 Å². The highest BCUT2D eigenvalue weighted by molar-refractivity contribution is 9.09. The summed E-state index contributed by atoms with van der Waals surface area (Å²) in [6.45, 7) is 1.43. The maximum Gasteiger partial charge on any atom is 0.338 e. The molecule has 1 aromatic carbocycles. The van der Waals surface area contributed by atoms with Crippen molar-refractivity contribution in [2.75, 3.05) is 12.4 Å². The van der Waals surface area contributed by atoms with Crippen molar-refractivity contribution in [1.29, 1.82) is 0 Å². The number of ether oxygens (including phenoxy) is 1. The summed E-state index contributed by atoms with van der Waals surface area (Å²) in [5.41, 5.74) is 1.06. The van der Waals surface area contributed by atoms with E-state index in [1.54, 1.807) is 0 Å². The van der Waals surface area contributed by atoms with Crippen LogP contribution in [-0.4, -0.2) is 39.4 Å². The van der Waals surface area contributed by atoms with Gasteiger partial charge in [0.2, 0.25) is 5.96 Å². The maximum atomic E-state index is 14.1. The molecule has 1 aliphatic rings. The van der Waals surface area contributed by atoms with Gasteiger partial charge in [0, 0.05) is 11.0 Å². The molecule has 2 aromatic rings. The van der Waals surface area contributed by atoms with Crippen LogP contribution in [0.1, 0.15) is 17.2 Å². The minimum Gasteiger partial charge on any atom is -0.466 e. The Balaban J connectivity index is 2.21. The summed E-state index contributed by atoms with van der Waals surface area (Å²) in [5.74, 6) is -2.34. The van der Waals surface area contributed by atoms with E-state index in [4.69, 9.17) is 4.74 Å². The van der Waals surface area contributed by atoms with Crippen LogP contribution in [0.25, 0.3) is 0 Å². The SMILES string of the molecule is COC(=O)C1=C(CBr)NC(n2nccn2)=N[C@H]1c1ccc(F)c(F)c1C. The Bertz CT molecular complexity index is 912. The number of nitrogens with zero attached hydrogens (tertiary/aromatic N) is 4. The highest BCUT2D eigenvalue weighted by Crippen LogP contribution is 2.35. The lowest BCUT2D eigenvalue weighted by molar-refractivity contribution is -0.136. The van der Waals surface area contributed by atoms with Crippen LogP contribution in [0.3, 0.4) is 0 Å². The molecule has 0 saturated heterocycles. The van der Waals surface area contributed by atoms with Gasteiger partial charge in [-0.05, 0) is 24.1 Å². The van der Waals surface area contributed by atoms with Gasteiger partial charge < -0.3 is 10.1 Å². The molecule has 0 radical (unpaired) electrons. The fourth-order valence-corrected chi connectivity index (χ4v) is 3.09. The molecule has 1 N–H and O–H groups in total. The van der Waals surface area contributed by atoms with Gasteiger partial charge in [0.05, 0.1) is 25.1 Å². The van der Waals surface area contributed by atoms with Crippen LogP contribution in [-0.2, 0) is 9.53 Å². The predicted octanol–water partition coefficient (Wildman–Crippen LogP) is 2.24. The second-order valence-corrected chi connectivity index (χ2v) is 5.95. The molecule has 2 heterocycles. The lowest BCUT2D eigenvalue weighted by Crippen LogP contribution is -2.39. The number of methoxy groups -OCH3 is 1. The number of rotatable bonds is 3. The zero-order valence-corrected chi connectivity index (χ0v) is 15.4. The molecule has 1 aliphatic heterocycles. The Morgan fingerprint density at radius 1 is 1.35 bits per heavy atom. The number of benzene rings is 1. The summed E-state index contributed by atoms with van der Waals surface area (Å²) in [5, 5.41) is 11.3. The first-order valence-electron chi connectivity index (χ1n) is 7.51. The highest BCUT2D eigenvalue weighted by Gasteiger charge is 2.33. The second-order valence-electron chi connectivity index (χ2n) is 5.39. The summed E-state index contributed by atoms with van der Waals surface area (Å²) >= 11 is 3.32. The zero-order chi connectivity index (χ0) is 18.8. The quantitative estimate of drug-likeness (QED) is 0.602. The zero-order valence-electron chi connectivity index (χ0n) is 13.8. The molecule has 0 amide bonds. The summed E-state index contributed by atoms with van der Waals surface area (Å²) in [6, 6.07) is 1.49. The number of halogens is 3. The van der Waals surface area contributed by atoms with Crippen LogP contribution in [0.2, 0.25) is 0 Å². The molecule has 1 atom stereocenters. The van der Waals surface area contributed by atoms with Crippen LogP contribution < -0.4 is 5.32 Å². The van der Waals surface area contributed by atoms with Crippen molar-refractivity contribution in [3.8, 4) is 0 Å². The lowest BCUT2D eigenvalue weighted by atomic mass is 9.93. The third-order valence-electron chi connectivity index (χ3n) is 3.94. The van der Waals surface area contributed by atoms with E-state index in [1.807, 2.05) is 0 Å². The van der Waals surface area contributed by atoms with E-state index in [2.05, 4.69) is 36.4 Å². The normalized spacial score (nSPS) is 17.0. The van der Waals surface area contributed by atoms with Gasteiger partial charge in [0.1, 0.15) is 6.04 Å². The summed E-state index contributed by atoms with van der Waals surface area (Å²) in [6.07, 6.45) is 2.94. The van der Waals surface area contributed by atoms with E-state index in [1.165, 1.54) is 37.3 Å². The van der Waals surface area contributed by atoms with E-state index in [9.17, 15) is 13.6 Å². The molecule has 1 aromatic heterocycles. The molecule has 0 saturated carbocycles. The van der Waals surface area contributed by atoms with Gasteiger partial charge in [-0.1, -0.05) is 22.0 Å². The lowest BCUT2D eigenvalue weighted by Gasteiger charge is -2.26. The number of alkyl halides is 1. The first-order chi connectivity index (χ1) is 12.5. The third-order valence-corrected chi connectivity index (χ3v) is 4.50. The maximum absolute atomic E-state index is 14.1. The van der Waals surface area contributed by atoms with Crippen LogP contribution in [0.4, 0.5) is 8.78 Å². The molecule has 10 heteroatoms. The number of nitrogens with one attached hydrogen (secondary N) is 1. The molecule has 26 heavy (non-hydrogen) atoms. The van der Waals surface area contributed by atoms with Crippen LogP contribution in [0.5, 0.6) is 0 Å². The number of aliphatic imine (C=N–C) groups is 1. The van der Waals surface area contributed by atoms with Crippen molar-refractivity contribution in [2.24, 2.45) is 4.99 Å².